The van der Waals surface area contributed by atoms with Crippen LogP contribution in [0.15, 0.2) is 76.2 Å². The number of carboxylic acids is 1. The van der Waals surface area contributed by atoms with E-state index in [0.29, 0.717) is 22.9 Å². The minimum absolute atomic E-state index is 0.129. The first-order valence-electron chi connectivity index (χ1n) is 9.18. The topological polar surface area (TPSA) is 136 Å². The number of hydrogen-bond acceptors (Lipinski definition) is 7. The van der Waals surface area contributed by atoms with Gasteiger partial charge in [-0.05, 0) is 23.4 Å². The number of benzene rings is 2. The molecule has 1 amide bonds. The highest BCUT2D eigenvalue weighted by Crippen LogP contribution is 2.25. The number of carbonyl (C=O) groups excluding carboxylic acids is 1. The number of furan rings is 1. The molecule has 0 aliphatic rings. The molecule has 4 rings (SSSR count). The molecule has 0 spiro atoms. The number of aromatic nitrogens is 4. The van der Waals surface area contributed by atoms with Crippen molar-refractivity contribution in [1.82, 2.24) is 25.6 Å². The molecule has 0 aliphatic heterocycles. The Hall–Kier alpha value is -4.60. The molecule has 10 heteroatoms. The lowest BCUT2D eigenvalue weighted by Crippen LogP contribution is -2.24. The summed E-state index contributed by atoms with van der Waals surface area (Å²) in [5, 5.41) is 25.1. The quantitative estimate of drug-likeness (QED) is 0.349. The Kier molecular flexibility index (Phi) is 5.61. The summed E-state index contributed by atoms with van der Waals surface area (Å²) in [4.78, 5) is 24.6. The van der Waals surface area contributed by atoms with Crippen molar-refractivity contribution in [2.75, 3.05) is 0 Å². The van der Waals surface area contributed by atoms with E-state index in [4.69, 9.17) is 4.42 Å². The number of amides is 1. The lowest BCUT2D eigenvalue weighted by molar-refractivity contribution is -0.122. The predicted octanol–water partition coefficient (Wildman–Crippen LogP) is 2.45. The molecule has 2 N–H and O–H groups in total. The summed E-state index contributed by atoms with van der Waals surface area (Å²) in [5.74, 6) is -0.351. The standard InChI is InChI=1S/C21H16N6O4/c28-19(13-27-25-20(24-26-27)14-6-2-1-3-7-14)23-22-12-15-10-11-18(31-15)16-8-4-5-9-17(16)21(29)30/h1-12H,13H2,(H,23,28)(H,29,30)/b22-12+. The summed E-state index contributed by atoms with van der Waals surface area (Å²) < 4.78 is 5.61. The molecular weight excluding hydrogens is 400 g/mol. The first-order chi connectivity index (χ1) is 15.1. The van der Waals surface area contributed by atoms with Crippen LogP contribution in [0.1, 0.15) is 16.1 Å². The fourth-order valence-corrected chi connectivity index (χ4v) is 2.80. The zero-order chi connectivity index (χ0) is 21.6. The van der Waals surface area contributed by atoms with Gasteiger partial charge in [0.1, 0.15) is 18.1 Å². The molecule has 2 aromatic heterocycles. The maximum absolute atomic E-state index is 12.0. The highest BCUT2D eigenvalue weighted by molar-refractivity contribution is 5.95. The van der Waals surface area contributed by atoms with Gasteiger partial charge in [0.15, 0.2) is 0 Å². The van der Waals surface area contributed by atoms with Crippen LogP contribution in [0.5, 0.6) is 0 Å². The summed E-state index contributed by atoms with van der Waals surface area (Å²) in [7, 11) is 0. The third-order valence-electron chi connectivity index (χ3n) is 4.20. The third-order valence-corrected chi connectivity index (χ3v) is 4.20. The molecule has 0 unspecified atom stereocenters. The van der Waals surface area contributed by atoms with Gasteiger partial charge in [-0.1, -0.05) is 48.5 Å². The Balaban J connectivity index is 1.36. The maximum atomic E-state index is 12.0. The lowest BCUT2D eigenvalue weighted by atomic mass is 10.1. The summed E-state index contributed by atoms with van der Waals surface area (Å²) in [6.07, 6.45) is 1.31. The molecule has 0 radical (unpaired) electrons. The van der Waals surface area contributed by atoms with E-state index in [9.17, 15) is 14.7 Å². The Morgan fingerprint density at radius 2 is 1.84 bits per heavy atom. The van der Waals surface area contributed by atoms with Gasteiger partial charge in [-0.15, -0.1) is 10.2 Å². The van der Waals surface area contributed by atoms with E-state index in [1.54, 1.807) is 30.3 Å². The van der Waals surface area contributed by atoms with Gasteiger partial charge in [-0.25, -0.2) is 10.2 Å². The molecule has 10 nitrogen and oxygen atoms in total. The second-order valence-electron chi connectivity index (χ2n) is 6.36. The van der Waals surface area contributed by atoms with E-state index in [2.05, 4.69) is 25.9 Å². The number of carbonyl (C=O) groups is 2. The molecule has 0 fully saturated rings. The number of hydrogen-bond donors (Lipinski definition) is 2. The van der Waals surface area contributed by atoms with Crippen LogP contribution in [-0.4, -0.2) is 43.4 Å². The first-order valence-corrected chi connectivity index (χ1v) is 9.18. The summed E-state index contributed by atoms with van der Waals surface area (Å²) >= 11 is 0. The normalized spacial score (nSPS) is 11.0. The Labute approximate surface area is 175 Å². The predicted molar refractivity (Wildman–Crippen MR) is 110 cm³/mol. The summed E-state index contributed by atoms with van der Waals surface area (Å²) in [6.45, 7) is -0.160. The van der Waals surface area contributed by atoms with Crippen molar-refractivity contribution in [1.29, 1.82) is 0 Å². The number of rotatable bonds is 7. The van der Waals surface area contributed by atoms with Gasteiger partial charge in [-0.3, -0.25) is 4.79 Å². The average Bonchev–Trinajstić information content (AvgIpc) is 3.44. The second-order valence-corrected chi connectivity index (χ2v) is 6.36. The lowest BCUT2D eigenvalue weighted by Gasteiger charge is -2.01. The van der Waals surface area contributed by atoms with Crippen LogP contribution >= 0.6 is 0 Å². The van der Waals surface area contributed by atoms with Crippen molar-refractivity contribution >= 4 is 18.1 Å². The average molecular weight is 416 g/mol. The van der Waals surface area contributed by atoms with Crippen LogP contribution in [0.4, 0.5) is 0 Å². The monoisotopic (exact) mass is 416 g/mol. The van der Waals surface area contributed by atoms with Gasteiger partial charge < -0.3 is 9.52 Å². The van der Waals surface area contributed by atoms with Gasteiger partial charge in [0, 0.05) is 11.1 Å². The SMILES string of the molecule is O=C(Cn1nnc(-c2ccccc2)n1)N/N=C/c1ccc(-c2ccccc2C(=O)O)o1. The van der Waals surface area contributed by atoms with Crippen LogP contribution in [-0.2, 0) is 11.3 Å². The van der Waals surface area contributed by atoms with Gasteiger partial charge in [-0.2, -0.15) is 9.90 Å². The highest BCUT2D eigenvalue weighted by atomic mass is 16.4. The van der Waals surface area contributed by atoms with Crippen molar-refractivity contribution in [3.05, 3.63) is 78.1 Å². The molecule has 2 heterocycles. The number of tetrazole rings is 1. The molecule has 0 bridgehead atoms. The zero-order valence-corrected chi connectivity index (χ0v) is 16.0. The number of nitrogens with zero attached hydrogens (tertiary/aromatic N) is 5. The largest absolute Gasteiger partial charge is 0.478 e. The van der Waals surface area contributed by atoms with Crippen LogP contribution in [0, 0.1) is 0 Å². The number of hydrazone groups is 1. The minimum atomic E-state index is -1.05. The fraction of sp³-hybridized carbons (Fsp3) is 0.0476. The van der Waals surface area contributed by atoms with Gasteiger partial charge >= 0.3 is 5.97 Å². The van der Waals surface area contributed by atoms with E-state index >= 15 is 0 Å². The summed E-state index contributed by atoms with van der Waals surface area (Å²) in [6, 6.07) is 19.1. The molecule has 0 saturated heterocycles. The Morgan fingerprint density at radius 3 is 2.65 bits per heavy atom. The first kappa shape index (κ1) is 19.7. The minimum Gasteiger partial charge on any atom is -0.478 e. The maximum Gasteiger partial charge on any atom is 0.336 e. The van der Waals surface area contributed by atoms with Crippen molar-refractivity contribution in [3.8, 4) is 22.7 Å². The van der Waals surface area contributed by atoms with E-state index < -0.39 is 11.9 Å². The van der Waals surface area contributed by atoms with Crippen molar-refractivity contribution in [3.63, 3.8) is 0 Å². The van der Waals surface area contributed by atoms with Gasteiger partial charge in [0.05, 0.1) is 11.8 Å². The van der Waals surface area contributed by atoms with Crippen molar-refractivity contribution in [2.45, 2.75) is 6.54 Å². The van der Waals surface area contributed by atoms with Gasteiger partial charge in [0.2, 0.25) is 5.82 Å². The molecule has 154 valence electrons. The van der Waals surface area contributed by atoms with E-state index in [0.717, 1.165) is 5.56 Å². The molecular formula is C21H16N6O4. The fourth-order valence-electron chi connectivity index (χ4n) is 2.80. The Morgan fingerprint density at radius 1 is 1.06 bits per heavy atom. The van der Waals surface area contributed by atoms with Crippen LogP contribution < -0.4 is 5.43 Å². The summed E-state index contributed by atoms with van der Waals surface area (Å²) in [5.41, 5.74) is 3.73. The smallest absolute Gasteiger partial charge is 0.336 e. The number of carboxylic acid groups (broad SMARTS) is 1. The van der Waals surface area contributed by atoms with Crippen LogP contribution in [0.25, 0.3) is 22.7 Å². The molecule has 0 atom stereocenters. The van der Waals surface area contributed by atoms with Crippen LogP contribution in [0.2, 0.25) is 0 Å². The second kappa shape index (κ2) is 8.82. The zero-order valence-electron chi connectivity index (χ0n) is 16.0. The van der Waals surface area contributed by atoms with Crippen LogP contribution in [0.3, 0.4) is 0 Å². The molecule has 0 aliphatic carbocycles. The highest BCUT2D eigenvalue weighted by Gasteiger charge is 2.13. The van der Waals surface area contributed by atoms with Crippen molar-refractivity contribution < 1.29 is 19.1 Å². The van der Waals surface area contributed by atoms with E-state index in [-0.39, 0.29) is 12.1 Å². The molecule has 31 heavy (non-hydrogen) atoms. The van der Waals surface area contributed by atoms with Crippen molar-refractivity contribution in [2.24, 2.45) is 5.10 Å². The third kappa shape index (κ3) is 4.70. The van der Waals surface area contributed by atoms with E-state index in [1.807, 2.05) is 30.3 Å². The molecule has 2 aromatic carbocycles. The molecule has 0 saturated carbocycles. The molecule has 4 aromatic rings. The van der Waals surface area contributed by atoms with Gasteiger partial charge in [0.25, 0.3) is 5.91 Å². The Bertz CT molecular complexity index is 1250. The number of nitrogens with one attached hydrogen (secondary N) is 1. The van der Waals surface area contributed by atoms with E-state index in [1.165, 1.54) is 17.1 Å². The number of aromatic carboxylic acids is 1.